The van der Waals surface area contributed by atoms with Crippen LogP contribution in [0, 0.1) is 6.92 Å². The fraction of sp³-hybridized carbons (Fsp3) is 0.455. The van der Waals surface area contributed by atoms with Crippen molar-refractivity contribution in [2.45, 2.75) is 25.9 Å². The van der Waals surface area contributed by atoms with Crippen LogP contribution in [0.15, 0.2) is 6.07 Å². The lowest BCUT2D eigenvalue weighted by atomic mass is 10.4. The van der Waals surface area contributed by atoms with Gasteiger partial charge in [-0.15, -0.1) is 11.3 Å². The van der Waals surface area contributed by atoms with E-state index in [2.05, 4.69) is 14.7 Å². The number of halogens is 5. The van der Waals surface area contributed by atoms with E-state index in [4.69, 9.17) is 11.6 Å². The van der Waals surface area contributed by atoms with Crippen molar-refractivity contribution in [1.82, 2.24) is 9.97 Å². The molecule has 0 aliphatic rings. The summed E-state index contributed by atoms with van der Waals surface area (Å²) in [5.74, 6) is -4.11. The molecule has 2 rings (SSSR count). The summed E-state index contributed by atoms with van der Waals surface area (Å²) < 4.78 is 53.7. The van der Waals surface area contributed by atoms with Crippen LogP contribution in [0.5, 0.6) is 0 Å². The van der Waals surface area contributed by atoms with E-state index < -0.39 is 25.6 Å². The number of hydrogen-bond donors (Lipinski definition) is 0. The lowest BCUT2D eigenvalue weighted by Crippen LogP contribution is -2.32. The van der Waals surface area contributed by atoms with Crippen molar-refractivity contribution in [2.75, 3.05) is 6.61 Å². The Balaban J connectivity index is 2.07. The molecule has 0 fully saturated rings. The highest BCUT2D eigenvalue weighted by molar-refractivity contribution is 7.18. The van der Waals surface area contributed by atoms with E-state index in [1.54, 1.807) is 6.07 Å². The fourth-order valence-corrected chi connectivity index (χ4v) is 2.65. The van der Waals surface area contributed by atoms with Crippen LogP contribution in [0.2, 0.25) is 5.15 Å². The molecule has 0 bridgehead atoms. The van der Waals surface area contributed by atoms with Crippen molar-refractivity contribution in [3.8, 4) is 0 Å². The Hall–Kier alpha value is -0.990. The van der Waals surface area contributed by atoms with Gasteiger partial charge in [0.15, 0.2) is 5.82 Å². The number of thiophene rings is 1. The Morgan fingerprint density at radius 3 is 2.75 bits per heavy atom. The van der Waals surface area contributed by atoms with Gasteiger partial charge >= 0.3 is 12.3 Å². The molecule has 0 amide bonds. The van der Waals surface area contributed by atoms with Crippen molar-refractivity contribution in [3.05, 3.63) is 21.9 Å². The minimum Gasteiger partial charge on any atom is -0.367 e. The van der Waals surface area contributed by atoms with Crippen molar-refractivity contribution in [1.29, 1.82) is 0 Å². The normalized spacial score (nSPS) is 12.6. The van der Waals surface area contributed by atoms with E-state index in [-0.39, 0.29) is 11.0 Å². The van der Waals surface area contributed by atoms with Crippen LogP contribution in [-0.4, -0.2) is 28.9 Å². The minimum atomic E-state index is -4.19. The maximum absolute atomic E-state index is 12.6. The highest BCUT2D eigenvalue weighted by Gasteiger charge is 2.41. The number of rotatable bonds is 5. The number of fused-ring (bicyclic) bond motifs is 1. The van der Waals surface area contributed by atoms with E-state index in [0.29, 0.717) is 10.2 Å². The predicted octanol–water partition coefficient (Wildman–Crippen LogP) is 4.07. The van der Waals surface area contributed by atoms with Crippen LogP contribution < -0.4 is 0 Å². The molecule has 0 spiro atoms. The number of aromatic nitrogens is 2. The van der Waals surface area contributed by atoms with Gasteiger partial charge in [-0.05, 0) is 13.0 Å². The Bertz CT molecular complexity index is 620. The minimum absolute atomic E-state index is 0.0782. The molecule has 3 nitrogen and oxygen atoms in total. The number of aryl methyl sites for hydroxylation is 1. The van der Waals surface area contributed by atoms with Gasteiger partial charge in [0.1, 0.15) is 23.2 Å². The standard InChI is InChI=1S/C11H9ClF4N2OS/c1-5-2-6-8(12)17-7(18-9(6)20-5)3-19-4-11(15,16)10(13)14/h2,10H,3-4H2,1H3. The molecule has 110 valence electrons. The van der Waals surface area contributed by atoms with Gasteiger partial charge in [0.25, 0.3) is 0 Å². The molecular formula is C11H9ClF4N2OS. The monoisotopic (exact) mass is 328 g/mol. The van der Waals surface area contributed by atoms with E-state index in [1.807, 2.05) is 6.92 Å². The molecular weight excluding hydrogens is 320 g/mol. The zero-order valence-electron chi connectivity index (χ0n) is 10.2. The van der Waals surface area contributed by atoms with Gasteiger partial charge in [0.2, 0.25) is 0 Å². The smallest absolute Gasteiger partial charge is 0.330 e. The van der Waals surface area contributed by atoms with Gasteiger partial charge < -0.3 is 4.74 Å². The van der Waals surface area contributed by atoms with Crippen LogP contribution in [-0.2, 0) is 11.3 Å². The van der Waals surface area contributed by atoms with Crippen LogP contribution >= 0.6 is 22.9 Å². The van der Waals surface area contributed by atoms with Crippen molar-refractivity contribution in [3.63, 3.8) is 0 Å². The Morgan fingerprint density at radius 2 is 2.10 bits per heavy atom. The third-order valence-corrected chi connectivity index (χ3v) is 3.59. The quantitative estimate of drug-likeness (QED) is 0.613. The van der Waals surface area contributed by atoms with Crippen LogP contribution in [0.25, 0.3) is 10.2 Å². The second-order valence-corrected chi connectivity index (χ2v) is 5.65. The number of alkyl halides is 4. The fourth-order valence-electron chi connectivity index (χ4n) is 1.45. The lowest BCUT2D eigenvalue weighted by Gasteiger charge is -2.14. The molecule has 0 saturated heterocycles. The SMILES string of the molecule is Cc1cc2c(Cl)nc(COCC(F)(F)C(F)F)nc2s1. The molecule has 2 aromatic rings. The van der Waals surface area contributed by atoms with Crippen molar-refractivity contribution in [2.24, 2.45) is 0 Å². The summed E-state index contributed by atoms with van der Waals surface area (Å²) in [6, 6.07) is 1.80. The van der Waals surface area contributed by atoms with Crippen molar-refractivity contribution >= 4 is 33.2 Å². The number of hydrogen-bond acceptors (Lipinski definition) is 4. The third-order valence-electron chi connectivity index (χ3n) is 2.36. The summed E-state index contributed by atoms with van der Waals surface area (Å²) in [4.78, 5) is 9.54. The first-order valence-corrected chi connectivity index (χ1v) is 6.65. The van der Waals surface area contributed by atoms with E-state index in [0.717, 1.165) is 4.88 Å². The maximum atomic E-state index is 12.6. The zero-order valence-corrected chi connectivity index (χ0v) is 11.7. The molecule has 0 aliphatic heterocycles. The third kappa shape index (κ3) is 3.36. The second kappa shape index (κ2) is 5.79. The Labute approximate surface area is 120 Å². The summed E-state index contributed by atoms with van der Waals surface area (Å²) in [6.45, 7) is 0.0596. The molecule has 0 N–H and O–H groups in total. The first-order valence-electron chi connectivity index (χ1n) is 5.46. The van der Waals surface area contributed by atoms with Gasteiger partial charge in [-0.1, -0.05) is 11.6 Å². The molecule has 2 heterocycles. The number of ether oxygens (including phenoxy) is 1. The highest BCUT2D eigenvalue weighted by Crippen LogP contribution is 2.28. The summed E-state index contributed by atoms with van der Waals surface area (Å²) in [5.41, 5.74) is 0. The summed E-state index contributed by atoms with van der Waals surface area (Å²) in [7, 11) is 0. The van der Waals surface area contributed by atoms with E-state index in [9.17, 15) is 17.6 Å². The van der Waals surface area contributed by atoms with E-state index in [1.165, 1.54) is 11.3 Å². The number of nitrogens with zero attached hydrogens (tertiary/aromatic N) is 2. The van der Waals surface area contributed by atoms with Crippen LogP contribution in [0.3, 0.4) is 0 Å². The topological polar surface area (TPSA) is 35.0 Å². The van der Waals surface area contributed by atoms with Gasteiger partial charge in [-0.2, -0.15) is 8.78 Å². The summed E-state index contributed by atoms with van der Waals surface area (Å²) in [5, 5.41) is 0.842. The Morgan fingerprint density at radius 1 is 1.40 bits per heavy atom. The van der Waals surface area contributed by atoms with Crippen molar-refractivity contribution < 1.29 is 22.3 Å². The summed E-state index contributed by atoms with van der Waals surface area (Å²) >= 11 is 7.29. The predicted molar refractivity (Wildman–Crippen MR) is 67.8 cm³/mol. The van der Waals surface area contributed by atoms with Gasteiger partial charge in [0, 0.05) is 10.3 Å². The average molecular weight is 329 g/mol. The maximum Gasteiger partial charge on any atom is 0.330 e. The van der Waals surface area contributed by atoms with E-state index >= 15 is 0 Å². The molecule has 0 unspecified atom stereocenters. The molecule has 2 aromatic heterocycles. The van der Waals surface area contributed by atoms with Crippen LogP contribution in [0.1, 0.15) is 10.7 Å². The summed E-state index contributed by atoms with van der Waals surface area (Å²) in [6.07, 6.45) is -3.77. The molecule has 0 aliphatic carbocycles. The van der Waals surface area contributed by atoms with Gasteiger partial charge in [0.05, 0.1) is 0 Å². The Kier molecular flexibility index (Phi) is 4.46. The zero-order chi connectivity index (χ0) is 14.9. The molecule has 0 aromatic carbocycles. The first kappa shape index (κ1) is 15.4. The van der Waals surface area contributed by atoms with Crippen LogP contribution in [0.4, 0.5) is 17.6 Å². The average Bonchev–Trinajstić information content (AvgIpc) is 2.70. The first-order chi connectivity index (χ1) is 9.29. The highest BCUT2D eigenvalue weighted by atomic mass is 35.5. The molecule has 0 atom stereocenters. The van der Waals surface area contributed by atoms with Gasteiger partial charge in [-0.25, -0.2) is 18.7 Å². The molecule has 20 heavy (non-hydrogen) atoms. The largest absolute Gasteiger partial charge is 0.367 e. The lowest BCUT2D eigenvalue weighted by molar-refractivity contribution is -0.168. The van der Waals surface area contributed by atoms with Gasteiger partial charge in [-0.3, -0.25) is 0 Å². The molecule has 0 saturated carbocycles. The second-order valence-electron chi connectivity index (χ2n) is 4.06. The molecule has 9 heteroatoms. The molecule has 0 radical (unpaired) electrons.